The van der Waals surface area contributed by atoms with Crippen molar-refractivity contribution in [3.05, 3.63) is 22.5 Å². The van der Waals surface area contributed by atoms with E-state index in [1.54, 1.807) is 0 Å². The molecule has 0 radical (unpaired) electrons. The van der Waals surface area contributed by atoms with Crippen molar-refractivity contribution in [3.8, 4) is 0 Å². The lowest BCUT2D eigenvalue weighted by Gasteiger charge is -2.13. The minimum Gasteiger partial charge on any atom is -0.376 e. The van der Waals surface area contributed by atoms with Gasteiger partial charge >= 0.3 is 0 Å². The van der Waals surface area contributed by atoms with Gasteiger partial charge in [0.1, 0.15) is 0 Å². The van der Waals surface area contributed by atoms with Gasteiger partial charge in [-0.15, -0.1) is 0 Å². The third-order valence-electron chi connectivity index (χ3n) is 4.88. The van der Waals surface area contributed by atoms with Gasteiger partial charge < -0.3 is 10.1 Å². The second kappa shape index (κ2) is 6.89. The maximum absolute atomic E-state index is 12.1. The molecule has 0 aliphatic carbocycles. The standard InChI is InChI=1S/C18H26N4O2/c1-11-15(7-8-16(23)19-10-14-6-5-9-24-14)12(2)20-18-17(11)13(3)21-22(18)4/h14H,5-10H2,1-4H3,(H,19,23)/t14-/m0/s1. The van der Waals surface area contributed by atoms with Gasteiger partial charge in [0.15, 0.2) is 5.65 Å². The lowest BCUT2D eigenvalue weighted by Crippen LogP contribution is -2.31. The average Bonchev–Trinajstić information content (AvgIpc) is 3.13. The Hall–Kier alpha value is -1.95. The van der Waals surface area contributed by atoms with Gasteiger partial charge in [0.2, 0.25) is 5.91 Å². The maximum atomic E-state index is 12.1. The monoisotopic (exact) mass is 330 g/mol. The third-order valence-corrected chi connectivity index (χ3v) is 4.88. The van der Waals surface area contributed by atoms with Crippen molar-refractivity contribution in [1.82, 2.24) is 20.1 Å². The highest BCUT2D eigenvalue weighted by atomic mass is 16.5. The van der Waals surface area contributed by atoms with E-state index in [-0.39, 0.29) is 12.0 Å². The van der Waals surface area contributed by atoms with Gasteiger partial charge in [-0.3, -0.25) is 9.48 Å². The van der Waals surface area contributed by atoms with Crippen molar-refractivity contribution >= 4 is 16.9 Å². The van der Waals surface area contributed by atoms with E-state index in [0.717, 1.165) is 47.4 Å². The first kappa shape index (κ1) is 16.9. The molecule has 130 valence electrons. The van der Waals surface area contributed by atoms with E-state index in [1.165, 1.54) is 5.56 Å². The second-order valence-corrected chi connectivity index (χ2v) is 6.65. The van der Waals surface area contributed by atoms with E-state index in [0.29, 0.717) is 19.4 Å². The van der Waals surface area contributed by atoms with Crippen molar-refractivity contribution in [2.24, 2.45) is 7.05 Å². The van der Waals surface area contributed by atoms with Crippen molar-refractivity contribution in [1.29, 1.82) is 0 Å². The maximum Gasteiger partial charge on any atom is 0.220 e. The summed E-state index contributed by atoms with van der Waals surface area (Å²) >= 11 is 0. The number of ether oxygens (including phenoxy) is 1. The van der Waals surface area contributed by atoms with E-state index in [2.05, 4.69) is 17.3 Å². The van der Waals surface area contributed by atoms with Gasteiger partial charge in [-0.1, -0.05) is 0 Å². The summed E-state index contributed by atoms with van der Waals surface area (Å²) in [5, 5.41) is 8.56. The first-order valence-corrected chi connectivity index (χ1v) is 8.65. The third kappa shape index (κ3) is 3.29. The second-order valence-electron chi connectivity index (χ2n) is 6.65. The molecule has 0 aromatic carbocycles. The summed E-state index contributed by atoms with van der Waals surface area (Å²) in [5.41, 5.74) is 5.23. The molecule has 1 fully saturated rings. The summed E-state index contributed by atoms with van der Waals surface area (Å²) in [4.78, 5) is 16.8. The Labute approximate surface area is 142 Å². The number of pyridine rings is 1. The van der Waals surface area contributed by atoms with Gasteiger partial charge in [0, 0.05) is 37.7 Å². The number of amides is 1. The van der Waals surface area contributed by atoms with Crippen LogP contribution in [-0.2, 0) is 23.0 Å². The zero-order valence-electron chi connectivity index (χ0n) is 15.0. The van der Waals surface area contributed by atoms with Crippen LogP contribution in [0.5, 0.6) is 0 Å². The largest absolute Gasteiger partial charge is 0.376 e. The van der Waals surface area contributed by atoms with Crippen LogP contribution in [0.2, 0.25) is 0 Å². The highest BCUT2D eigenvalue weighted by Gasteiger charge is 2.18. The van der Waals surface area contributed by atoms with Crippen LogP contribution in [-0.4, -0.2) is 39.9 Å². The molecule has 2 aromatic heterocycles. The number of nitrogens with zero attached hydrogens (tertiary/aromatic N) is 3. The van der Waals surface area contributed by atoms with Crippen LogP contribution < -0.4 is 5.32 Å². The van der Waals surface area contributed by atoms with E-state index >= 15 is 0 Å². The quantitative estimate of drug-likeness (QED) is 0.912. The number of carbonyl (C=O) groups excluding carboxylic acids is 1. The number of fused-ring (bicyclic) bond motifs is 1. The van der Waals surface area contributed by atoms with Crippen LogP contribution in [0.3, 0.4) is 0 Å². The molecule has 1 amide bonds. The number of rotatable bonds is 5. The van der Waals surface area contributed by atoms with Gasteiger partial charge in [-0.05, 0) is 51.2 Å². The molecule has 6 nitrogen and oxygen atoms in total. The number of hydrogen-bond acceptors (Lipinski definition) is 4. The molecular weight excluding hydrogens is 304 g/mol. The molecule has 0 saturated carbocycles. The molecule has 0 spiro atoms. The minimum absolute atomic E-state index is 0.0762. The van der Waals surface area contributed by atoms with Crippen molar-refractivity contribution in [2.45, 2.75) is 52.6 Å². The zero-order valence-corrected chi connectivity index (χ0v) is 15.0. The predicted octanol–water partition coefficient (Wildman–Crippen LogP) is 2.12. The van der Waals surface area contributed by atoms with Crippen LogP contribution in [0, 0.1) is 20.8 Å². The van der Waals surface area contributed by atoms with E-state index in [1.807, 2.05) is 25.6 Å². The lowest BCUT2D eigenvalue weighted by molar-refractivity contribution is -0.121. The lowest BCUT2D eigenvalue weighted by atomic mass is 9.99. The molecule has 0 unspecified atom stereocenters. The Morgan fingerprint density at radius 1 is 1.33 bits per heavy atom. The van der Waals surface area contributed by atoms with Crippen molar-refractivity contribution in [3.63, 3.8) is 0 Å². The number of aryl methyl sites for hydroxylation is 4. The Bertz CT molecular complexity index is 760. The number of carbonyl (C=O) groups is 1. The summed E-state index contributed by atoms with van der Waals surface area (Å²) in [7, 11) is 1.92. The summed E-state index contributed by atoms with van der Waals surface area (Å²) in [6.07, 6.45) is 3.50. The number of nitrogens with one attached hydrogen (secondary N) is 1. The minimum atomic E-state index is 0.0762. The predicted molar refractivity (Wildman–Crippen MR) is 93.0 cm³/mol. The van der Waals surface area contributed by atoms with Crippen LogP contribution in [0.25, 0.3) is 11.0 Å². The van der Waals surface area contributed by atoms with Crippen molar-refractivity contribution < 1.29 is 9.53 Å². The highest BCUT2D eigenvalue weighted by Crippen LogP contribution is 2.25. The number of hydrogen-bond donors (Lipinski definition) is 1. The Balaban J connectivity index is 1.68. The molecule has 2 aromatic rings. The molecule has 3 heterocycles. The molecule has 0 bridgehead atoms. The highest BCUT2D eigenvalue weighted by molar-refractivity contribution is 5.84. The molecule has 24 heavy (non-hydrogen) atoms. The Morgan fingerprint density at radius 3 is 2.83 bits per heavy atom. The van der Waals surface area contributed by atoms with Crippen LogP contribution in [0.1, 0.15) is 41.8 Å². The molecule has 6 heteroatoms. The smallest absolute Gasteiger partial charge is 0.220 e. The normalized spacial score (nSPS) is 17.6. The average molecular weight is 330 g/mol. The molecule has 1 saturated heterocycles. The molecule has 1 atom stereocenters. The summed E-state index contributed by atoms with van der Waals surface area (Å²) in [6, 6.07) is 0. The fraction of sp³-hybridized carbons (Fsp3) is 0.611. The first-order chi connectivity index (χ1) is 11.5. The SMILES string of the molecule is Cc1nc2c(c(C)nn2C)c(C)c1CCC(=O)NC[C@@H]1CCCO1. The first-order valence-electron chi connectivity index (χ1n) is 8.65. The topological polar surface area (TPSA) is 69.0 Å². The van der Waals surface area contributed by atoms with E-state index in [9.17, 15) is 4.79 Å². The van der Waals surface area contributed by atoms with Crippen LogP contribution >= 0.6 is 0 Å². The van der Waals surface area contributed by atoms with E-state index < -0.39 is 0 Å². The number of aromatic nitrogens is 3. The Morgan fingerprint density at radius 2 is 2.12 bits per heavy atom. The van der Waals surface area contributed by atoms with Gasteiger partial charge in [0.05, 0.1) is 11.8 Å². The summed E-state index contributed by atoms with van der Waals surface area (Å²) in [5.74, 6) is 0.0762. The van der Waals surface area contributed by atoms with Gasteiger partial charge in [-0.25, -0.2) is 4.98 Å². The van der Waals surface area contributed by atoms with Crippen molar-refractivity contribution in [2.75, 3.05) is 13.2 Å². The molecule has 1 aliphatic rings. The summed E-state index contributed by atoms with van der Waals surface area (Å²) < 4.78 is 7.36. The molecule has 3 rings (SSSR count). The Kier molecular flexibility index (Phi) is 4.85. The fourth-order valence-electron chi connectivity index (χ4n) is 3.59. The van der Waals surface area contributed by atoms with Crippen LogP contribution in [0.4, 0.5) is 0 Å². The van der Waals surface area contributed by atoms with Crippen LogP contribution in [0.15, 0.2) is 0 Å². The van der Waals surface area contributed by atoms with Gasteiger partial charge in [0.25, 0.3) is 0 Å². The van der Waals surface area contributed by atoms with E-state index in [4.69, 9.17) is 9.72 Å². The summed E-state index contributed by atoms with van der Waals surface area (Å²) in [6.45, 7) is 7.55. The zero-order chi connectivity index (χ0) is 17.3. The molecule has 1 N–H and O–H groups in total. The van der Waals surface area contributed by atoms with Gasteiger partial charge in [-0.2, -0.15) is 5.10 Å². The molecule has 1 aliphatic heterocycles. The molecular formula is C18H26N4O2. The fourth-order valence-corrected chi connectivity index (χ4v) is 3.59.